The molecule has 1 amide bonds. The van der Waals surface area contributed by atoms with Crippen molar-refractivity contribution in [2.45, 2.75) is 42.8 Å². The molecule has 2 aromatic carbocycles. The number of fused-ring (bicyclic) bond motifs is 1. The Bertz CT molecular complexity index is 1230. The van der Waals surface area contributed by atoms with E-state index in [0.29, 0.717) is 15.7 Å². The zero-order valence-corrected chi connectivity index (χ0v) is 22.0. The van der Waals surface area contributed by atoms with Crippen LogP contribution in [0.2, 0.25) is 0 Å². The standard InChI is InChI=1S/C26H27N3O3S3/c1-16(23(30)29-24-22(25(31)32-2)20-13-6-7-14-21(20)35-24)34-19-12-8-11-18(15-19)28-26(33)27-17-9-4-3-5-10-17/h3-5,8-12,15-16H,6-7,13-14H2,1-2H3,(H,29,30)(H2,27,28,33). The Morgan fingerprint density at radius 1 is 1.00 bits per heavy atom. The Morgan fingerprint density at radius 2 is 1.71 bits per heavy atom. The van der Waals surface area contributed by atoms with Gasteiger partial charge in [0.1, 0.15) is 5.00 Å². The second-order valence-electron chi connectivity index (χ2n) is 8.13. The maximum atomic E-state index is 13.0. The van der Waals surface area contributed by atoms with Crippen molar-refractivity contribution in [1.82, 2.24) is 0 Å². The zero-order chi connectivity index (χ0) is 24.8. The molecule has 0 radical (unpaired) electrons. The minimum atomic E-state index is -0.390. The summed E-state index contributed by atoms with van der Waals surface area (Å²) in [6, 6.07) is 17.5. The third kappa shape index (κ3) is 6.42. The first-order valence-corrected chi connectivity index (χ1v) is 13.5. The monoisotopic (exact) mass is 525 g/mol. The van der Waals surface area contributed by atoms with Gasteiger partial charge in [0.2, 0.25) is 5.91 Å². The summed E-state index contributed by atoms with van der Waals surface area (Å²) in [5.74, 6) is -0.544. The van der Waals surface area contributed by atoms with Crippen LogP contribution < -0.4 is 16.0 Å². The lowest BCUT2D eigenvalue weighted by molar-refractivity contribution is -0.115. The van der Waals surface area contributed by atoms with E-state index in [4.69, 9.17) is 17.0 Å². The molecule has 0 spiro atoms. The lowest BCUT2D eigenvalue weighted by Crippen LogP contribution is -2.23. The Kier molecular flexibility index (Phi) is 8.43. The zero-order valence-electron chi connectivity index (χ0n) is 19.6. The Hall–Kier alpha value is -2.88. The van der Waals surface area contributed by atoms with E-state index in [1.165, 1.54) is 35.1 Å². The molecular weight excluding hydrogens is 499 g/mol. The average molecular weight is 526 g/mol. The average Bonchev–Trinajstić information content (AvgIpc) is 3.22. The van der Waals surface area contributed by atoms with Crippen molar-refractivity contribution >= 4 is 68.7 Å². The number of nitrogens with one attached hydrogen (secondary N) is 3. The van der Waals surface area contributed by atoms with Crippen molar-refractivity contribution in [2.24, 2.45) is 0 Å². The van der Waals surface area contributed by atoms with Crippen LogP contribution >= 0.6 is 35.3 Å². The molecule has 182 valence electrons. The van der Waals surface area contributed by atoms with Crippen LogP contribution in [0.25, 0.3) is 0 Å². The quantitative estimate of drug-likeness (QED) is 0.189. The molecule has 1 heterocycles. The number of esters is 1. The highest BCUT2D eigenvalue weighted by Crippen LogP contribution is 2.39. The molecule has 1 aliphatic carbocycles. The minimum absolute atomic E-state index is 0.154. The number of aryl methyl sites for hydroxylation is 1. The highest BCUT2D eigenvalue weighted by Gasteiger charge is 2.28. The smallest absolute Gasteiger partial charge is 0.341 e. The van der Waals surface area contributed by atoms with Crippen LogP contribution in [0.3, 0.4) is 0 Å². The van der Waals surface area contributed by atoms with E-state index in [-0.39, 0.29) is 17.1 Å². The molecule has 3 N–H and O–H groups in total. The Balaban J connectivity index is 1.40. The molecule has 0 fully saturated rings. The number of ether oxygens (including phenoxy) is 1. The first-order chi connectivity index (χ1) is 16.9. The van der Waals surface area contributed by atoms with Crippen LogP contribution in [0.5, 0.6) is 0 Å². The molecule has 0 saturated carbocycles. The lowest BCUT2D eigenvalue weighted by Gasteiger charge is -2.14. The summed E-state index contributed by atoms with van der Waals surface area (Å²) in [7, 11) is 1.38. The number of anilines is 3. The number of carbonyl (C=O) groups is 2. The molecule has 0 aliphatic heterocycles. The van der Waals surface area contributed by atoms with Gasteiger partial charge in [-0.05, 0) is 80.7 Å². The number of thioether (sulfide) groups is 1. The van der Waals surface area contributed by atoms with E-state index in [2.05, 4.69) is 16.0 Å². The molecule has 4 rings (SSSR count). The van der Waals surface area contributed by atoms with Gasteiger partial charge in [0.15, 0.2) is 5.11 Å². The van der Waals surface area contributed by atoms with Crippen LogP contribution in [0, 0.1) is 0 Å². The molecule has 1 unspecified atom stereocenters. The fourth-order valence-corrected chi connectivity index (χ4v) is 6.35. The largest absolute Gasteiger partial charge is 0.465 e. The van der Waals surface area contributed by atoms with Crippen molar-refractivity contribution < 1.29 is 14.3 Å². The van der Waals surface area contributed by atoms with Crippen LogP contribution in [0.1, 0.15) is 40.6 Å². The number of rotatable bonds is 7. The highest BCUT2D eigenvalue weighted by atomic mass is 32.2. The molecule has 35 heavy (non-hydrogen) atoms. The van der Waals surface area contributed by atoms with E-state index in [9.17, 15) is 9.59 Å². The summed E-state index contributed by atoms with van der Waals surface area (Å²) < 4.78 is 5.01. The summed E-state index contributed by atoms with van der Waals surface area (Å²) in [6.45, 7) is 1.85. The van der Waals surface area contributed by atoms with Crippen molar-refractivity contribution in [3.8, 4) is 0 Å². The maximum absolute atomic E-state index is 13.0. The van der Waals surface area contributed by atoms with Gasteiger partial charge in [0, 0.05) is 21.1 Å². The topological polar surface area (TPSA) is 79.5 Å². The lowest BCUT2D eigenvalue weighted by atomic mass is 9.95. The van der Waals surface area contributed by atoms with Gasteiger partial charge in [0.05, 0.1) is 17.9 Å². The number of para-hydroxylation sites is 1. The fourth-order valence-electron chi connectivity index (χ4n) is 3.91. The predicted molar refractivity (Wildman–Crippen MR) is 149 cm³/mol. The van der Waals surface area contributed by atoms with Gasteiger partial charge < -0.3 is 20.7 Å². The predicted octanol–water partition coefficient (Wildman–Crippen LogP) is 6.34. The Labute approximate surface area is 218 Å². The fraction of sp³-hybridized carbons (Fsp3) is 0.269. The van der Waals surface area contributed by atoms with Gasteiger partial charge in [-0.2, -0.15) is 0 Å². The normalized spacial score (nSPS) is 13.3. The third-order valence-corrected chi connectivity index (χ3v) is 8.11. The van der Waals surface area contributed by atoms with E-state index in [1.54, 1.807) is 0 Å². The van der Waals surface area contributed by atoms with Gasteiger partial charge in [-0.3, -0.25) is 4.79 Å². The second kappa shape index (κ2) is 11.7. The molecule has 6 nitrogen and oxygen atoms in total. The van der Waals surface area contributed by atoms with Gasteiger partial charge in [0.25, 0.3) is 0 Å². The maximum Gasteiger partial charge on any atom is 0.341 e. The number of carbonyl (C=O) groups excluding carboxylic acids is 2. The van der Waals surface area contributed by atoms with Gasteiger partial charge in [-0.25, -0.2) is 4.79 Å². The second-order valence-corrected chi connectivity index (χ2v) is 11.1. The van der Waals surface area contributed by atoms with Crippen molar-refractivity contribution in [3.63, 3.8) is 0 Å². The summed E-state index contributed by atoms with van der Waals surface area (Å²) in [5.41, 5.74) is 3.28. The summed E-state index contributed by atoms with van der Waals surface area (Å²) in [4.78, 5) is 27.6. The van der Waals surface area contributed by atoms with Crippen molar-refractivity contribution in [2.75, 3.05) is 23.1 Å². The number of hydrogen-bond acceptors (Lipinski definition) is 6. The molecule has 1 atom stereocenters. The number of methoxy groups -OCH3 is 1. The highest BCUT2D eigenvalue weighted by molar-refractivity contribution is 8.00. The SMILES string of the molecule is COC(=O)c1c(NC(=O)C(C)Sc2cccc(NC(=S)Nc3ccccc3)c2)sc2c1CCCC2. The minimum Gasteiger partial charge on any atom is -0.465 e. The van der Waals surface area contributed by atoms with E-state index < -0.39 is 0 Å². The molecule has 0 bridgehead atoms. The van der Waals surface area contributed by atoms with Crippen LogP contribution in [-0.4, -0.2) is 29.3 Å². The van der Waals surface area contributed by atoms with Crippen LogP contribution in [0.4, 0.5) is 16.4 Å². The molecular formula is C26H27N3O3S3. The first kappa shape index (κ1) is 25.2. The van der Waals surface area contributed by atoms with E-state index in [0.717, 1.165) is 47.5 Å². The number of hydrogen-bond donors (Lipinski definition) is 3. The molecule has 1 aromatic heterocycles. The number of amides is 1. The van der Waals surface area contributed by atoms with E-state index >= 15 is 0 Å². The van der Waals surface area contributed by atoms with Gasteiger partial charge in [-0.1, -0.05) is 24.3 Å². The molecule has 0 saturated heterocycles. The summed E-state index contributed by atoms with van der Waals surface area (Å²) >= 11 is 8.35. The van der Waals surface area contributed by atoms with Crippen molar-refractivity contribution in [3.05, 3.63) is 70.6 Å². The first-order valence-electron chi connectivity index (χ1n) is 11.4. The summed E-state index contributed by atoms with van der Waals surface area (Å²) in [5, 5.41) is 10.0. The Morgan fingerprint density at radius 3 is 2.49 bits per heavy atom. The van der Waals surface area contributed by atoms with Crippen LogP contribution in [0.15, 0.2) is 59.5 Å². The number of thiophene rings is 1. The van der Waals surface area contributed by atoms with Crippen LogP contribution in [-0.2, 0) is 22.4 Å². The number of benzene rings is 2. The van der Waals surface area contributed by atoms with E-state index in [1.807, 2.05) is 61.5 Å². The summed E-state index contributed by atoms with van der Waals surface area (Å²) in [6.07, 6.45) is 3.92. The molecule has 1 aliphatic rings. The molecule has 3 aromatic rings. The molecule has 9 heteroatoms. The number of thiocarbonyl (C=S) groups is 1. The third-order valence-electron chi connectivity index (χ3n) is 5.60. The van der Waals surface area contributed by atoms with Gasteiger partial charge >= 0.3 is 5.97 Å². The van der Waals surface area contributed by atoms with Crippen molar-refractivity contribution in [1.29, 1.82) is 0 Å². The van der Waals surface area contributed by atoms with Gasteiger partial charge in [-0.15, -0.1) is 23.1 Å².